The number of para-hydroxylation sites is 1. The molecule has 0 fully saturated rings. The molecule has 122 valence electrons. The zero-order valence-corrected chi connectivity index (χ0v) is 15.2. The van der Waals surface area contributed by atoms with Gasteiger partial charge in [-0.1, -0.05) is 76.9 Å². The fourth-order valence-corrected chi connectivity index (χ4v) is 3.29. The number of thioether (sulfide) groups is 1. The predicted molar refractivity (Wildman–Crippen MR) is 96.8 cm³/mol. The maximum Gasteiger partial charge on any atom is 0.256 e. The van der Waals surface area contributed by atoms with Gasteiger partial charge in [0, 0.05) is 4.90 Å². The molecule has 0 spiro atoms. The van der Waals surface area contributed by atoms with Crippen LogP contribution in [0, 0.1) is 0 Å². The fourth-order valence-electron chi connectivity index (χ4n) is 1.84. The summed E-state index contributed by atoms with van der Waals surface area (Å²) < 4.78 is 3.52. The first kappa shape index (κ1) is 18.3. The number of methoxy groups -OCH3 is 1. The van der Waals surface area contributed by atoms with Gasteiger partial charge in [0.1, 0.15) is 11.1 Å². The second-order valence-corrected chi connectivity index (χ2v) is 8.07. The number of rotatable bonds is 5. The van der Waals surface area contributed by atoms with Gasteiger partial charge in [-0.2, -0.15) is 0 Å². The number of hydrogen-bond acceptors (Lipinski definition) is 3. The summed E-state index contributed by atoms with van der Waals surface area (Å²) in [7, 11) is 1.50. The van der Waals surface area contributed by atoms with E-state index in [0.29, 0.717) is 11.3 Å². The van der Waals surface area contributed by atoms with Crippen LogP contribution in [0.1, 0.15) is 10.4 Å². The first-order valence-electron chi connectivity index (χ1n) is 6.64. The molecule has 0 saturated heterocycles. The molecular formula is C16H14Cl3NO2S. The van der Waals surface area contributed by atoms with Crippen molar-refractivity contribution in [2.45, 2.75) is 14.1 Å². The highest BCUT2D eigenvalue weighted by atomic mass is 35.6. The number of benzene rings is 2. The molecule has 3 nitrogen and oxygen atoms in total. The Kier molecular flexibility index (Phi) is 6.48. The van der Waals surface area contributed by atoms with E-state index in [4.69, 9.17) is 39.5 Å². The number of alkyl halides is 3. The largest absolute Gasteiger partial charge is 0.496 e. The smallest absolute Gasteiger partial charge is 0.256 e. The molecule has 2 rings (SSSR count). The van der Waals surface area contributed by atoms with Crippen LogP contribution in [-0.4, -0.2) is 22.2 Å². The maximum atomic E-state index is 12.5. The van der Waals surface area contributed by atoms with Crippen molar-refractivity contribution >= 4 is 52.5 Å². The minimum Gasteiger partial charge on any atom is -0.496 e. The van der Waals surface area contributed by atoms with E-state index >= 15 is 0 Å². The van der Waals surface area contributed by atoms with Gasteiger partial charge in [0.15, 0.2) is 0 Å². The molecule has 0 aliphatic rings. The number of hydrogen-bond donors (Lipinski definition) is 1. The number of halogens is 3. The van der Waals surface area contributed by atoms with Gasteiger partial charge in [0.25, 0.3) is 5.91 Å². The molecule has 0 saturated carbocycles. The molecule has 7 heteroatoms. The standard InChI is InChI=1S/C16H14Cl3NO2S/c1-22-13-10-6-5-9-12(13)14(21)20-15(16(17,18)19)23-11-7-3-2-4-8-11/h2-10,15H,1H3,(H,20,21)/t15-/m1/s1. The summed E-state index contributed by atoms with van der Waals surface area (Å²) in [5, 5.41) is 1.99. The van der Waals surface area contributed by atoms with E-state index < -0.39 is 9.17 Å². The zero-order chi connectivity index (χ0) is 16.9. The van der Waals surface area contributed by atoms with Crippen molar-refractivity contribution in [3.05, 3.63) is 60.2 Å². The molecule has 0 radical (unpaired) electrons. The van der Waals surface area contributed by atoms with E-state index in [1.165, 1.54) is 18.9 Å². The van der Waals surface area contributed by atoms with Crippen LogP contribution in [0.25, 0.3) is 0 Å². The summed E-state index contributed by atoms with van der Waals surface area (Å²) >= 11 is 19.3. The average molecular weight is 391 g/mol. The lowest BCUT2D eigenvalue weighted by Crippen LogP contribution is -2.41. The van der Waals surface area contributed by atoms with Crippen LogP contribution in [0.5, 0.6) is 5.75 Å². The molecule has 0 aliphatic heterocycles. The predicted octanol–water partition coefficient (Wildman–Crippen LogP) is 4.91. The first-order valence-corrected chi connectivity index (χ1v) is 8.65. The number of amides is 1. The van der Waals surface area contributed by atoms with Crippen LogP contribution >= 0.6 is 46.6 Å². The van der Waals surface area contributed by atoms with Gasteiger partial charge in [0.2, 0.25) is 3.79 Å². The second-order valence-electron chi connectivity index (χ2n) is 4.53. The average Bonchev–Trinajstić information content (AvgIpc) is 2.54. The number of carbonyl (C=O) groups excluding carboxylic acids is 1. The Hall–Kier alpha value is -1.07. The summed E-state index contributed by atoms with van der Waals surface area (Å²) in [6, 6.07) is 16.3. The van der Waals surface area contributed by atoms with E-state index in [1.54, 1.807) is 24.3 Å². The van der Waals surface area contributed by atoms with Crippen molar-refractivity contribution in [2.75, 3.05) is 7.11 Å². The first-order chi connectivity index (χ1) is 10.9. The molecule has 1 N–H and O–H groups in total. The van der Waals surface area contributed by atoms with Crippen molar-refractivity contribution in [3.63, 3.8) is 0 Å². The highest BCUT2D eigenvalue weighted by Gasteiger charge is 2.35. The van der Waals surface area contributed by atoms with Crippen LogP contribution in [-0.2, 0) is 0 Å². The topological polar surface area (TPSA) is 38.3 Å². The van der Waals surface area contributed by atoms with E-state index in [-0.39, 0.29) is 5.91 Å². The maximum absolute atomic E-state index is 12.5. The molecule has 1 atom stereocenters. The summed E-state index contributed by atoms with van der Waals surface area (Å²) in [5.74, 6) is 0.0833. The molecular weight excluding hydrogens is 377 g/mol. The molecule has 0 bridgehead atoms. The molecule has 1 amide bonds. The quantitative estimate of drug-likeness (QED) is 0.448. The lowest BCUT2D eigenvalue weighted by molar-refractivity contribution is 0.0947. The van der Waals surface area contributed by atoms with E-state index in [2.05, 4.69) is 5.32 Å². The third-order valence-corrected chi connectivity index (χ3v) is 5.20. The van der Waals surface area contributed by atoms with Crippen molar-refractivity contribution in [1.82, 2.24) is 5.32 Å². The normalized spacial score (nSPS) is 12.5. The lowest BCUT2D eigenvalue weighted by atomic mass is 10.2. The molecule has 0 unspecified atom stereocenters. The van der Waals surface area contributed by atoms with Crippen LogP contribution in [0.2, 0.25) is 0 Å². The highest BCUT2D eigenvalue weighted by Crippen LogP contribution is 2.39. The van der Waals surface area contributed by atoms with Crippen LogP contribution in [0.4, 0.5) is 0 Å². The van der Waals surface area contributed by atoms with Gasteiger partial charge in [-0.3, -0.25) is 4.79 Å². The Morgan fingerprint density at radius 1 is 1.09 bits per heavy atom. The number of nitrogens with one attached hydrogen (secondary N) is 1. The van der Waals surface area contributed by atoms with E-state index in [9.17, 15) is 4.79 Å². The second kappa shape index (κ2) is 8.15. The summed E-state index contributed by atoms with van der Waals surface area (Å²) in [6.07, 6.45) is 0. The lowest BCUT2D eigenvalue weighted by Gasteiger charge is -2.25. The van der Waals surface area contributed by atoms with Crippen LogP contribution in [0.15, 0.2) is 59.5 Å². The minimum atomic E-state index is -1.67. The molecule has 2 aromatic rings. The van der Waals surface area contributed by atoms with Gasteiger partial charge in [-0.05, 0) is 24.3 Å². The highest BCUT2D eigenvalue weighted by molar-refractivity contribution is 8.00. The molecule has 2 aromatic carbocycles. The monoisotopic (exact) mass is 389 g/mol. The number of ether oxygens (including phenoxy) is 1. The summed E-state index contributed by atoms with van der Waals surface area (Å²) in [5.41, 5.74) is 0.378. The minimum absolute atomic E-state index is 0.373. The molecule has 0 aromatic heterocycles. The molecule has 0 aliphatic carbocycles. The van der Waals surface area contributed by atoms with Crippen molar-refractivity contribution in [3.8, 4) is 5.75 Å². The third kappa shape index (κ3) is 5.21. The Balaban J connectivity index is 2.19. The summed E-state index contributed by atoms with van der Waals surface area (Å²) in [4.78, 5) is 13.4. The van der Waals surface area contributed by atoms with Gasteiger partial charge >= 0.3 is 0 Å². The van der Waals surface area contributed by atoms with Gasteiger partial charge in [0.05, 0.1) is 12.7 Å². The van der Waals surface area contributed by atoms with Gasteiger partial charge in [-0.15, -0.1) is 0 Å². The number of carbonyl (C=O) groups is 1. The van der Waals surface area contributed by atoms with Crippen molar-refractivity contribution in [1.29, 1.82) is 0 Å². The van der Waals surface area contributed by atoms with E-state index in [0.717, 1.165) is 4.90 Å². The van der Waals surface area contributed by atoms with Gasteiger partial charge in [-0.25, -0.2) is 0 Å². The van der Waals surface area contributed by atoms with E-state index in [1.807, 2.05) is 30.3 Å². The SMILES string of the molecule is COc1ccccc1C(=O)N[C@H](Sc1ccccc1)C(Cl)(Cl)Cl. The Bertz CT molecular complexity index is 662. The van der Waals surface area contributed by atoms with Crippen LogP contribution in [0.3, 0.4) is 0 Å². The molecule has 23 heavy (non-hydrogen) atoms. The van der Waals surface area contributed by atoms with Crippen molar-refractivity contribution in [2.24, 2.45) is 0 Å². The Labute approximate surface area is 154 Å². The van der Waals surface area contributed by atoms with Crippen molar-refractivity contribution < 1.29 is 9.53 Å². The third-order valence-electron chi connectivity index (χ3n) is 2.91. The Morgan fingerprint density at radius 3 is 2.30 bits per heavy atom. The fraction of sp³-hybridized carbons (Fsp3) is 0.188. The molecule has 0 heterocycles. The zero-order valence-electron chi connectivity index (χ0n) is 12.1. The van der Waals surface area contributed by atoms with Crippen LogP contribution < -0.4 is 10.1 Å². The van der Waals surface area contributed by atoms with Gasteiger partial charge < -0.3 is 10.1 Å². The Morgan fingerprint density at radius 2 is 1.70 bits per heavy atom. The summed E-state index contributed by atoms with van der Waals surface area (Å²) in [6.45, 7) is 0.